The molecular formula is C12H16F2N2O3. The van der Waals surface area contributed by atoms with Crippen molar-refractivity contribution < 1.29 is 23.0 Å². The Bertz CT molecular complexity index is 453. The topological polar surface area (TPSA) is 74.4 Å². The molecule has 0 radical (unpaired) electrons. The number of methoxy groups -OCH3 is 1. The zero-order valence-corrected chi connectivity index (χ0v) is 10.8. The molecule has 1 aromatic rings. The van der Waals surface area contributed by atoms with Crippen LogP contribution in [0.1, 0.15) is 30.2 Å². The molecular weight excluding hydrogens is 258 g/mol. The number of nitrogens with two attached hydrogens (primary N) is 1. The van der Waals surface area contributed by atoms with Crippen LogP contribution in [0.25, 0.3) is 0 Å². The second-order valence-electron chi connectivity index (χ2n) is 3.66. The zero-order valence-electron chi connectivity index (χ0n) is 10.8. The van der Waals surface area contributed by atoms with Gasteiger partial charge >= 0.3 is 5.97 Å². The van der Waals surface area contributed by atoms with Crippen LogP contribution in [0.2, 0.25) is 0 Å². The van der Waals surface area contributed by atoms with Crippen LogP contribution in [-0.4, -0.2) is 24.7 Å². The van der Waals surface area contributed by atoms with E-state index in [0.717, 1.165) is 0 Å². The van der Waals surface area contributed by atoms with Crippen molar-refractivity contribution in [1.29, 1.82) is 0 Å². The van der Waals surface area contributed by atoms with Gasteiger partial charge in [-0.1, -0.05) is 0 Å². The van der Waals surface area contributed by atoms with E-state index in [1.165, 1.54) is 13.3 Å². The van der Waals surface area contributed by atoms with E-state index in [9.17, 15) is 13.6 Å². The minimum Gasteiger partial charge on any atom is -0.495 e. The van der Waals surface area contributed by atoms with Gasteiger partial charge in [-0.3, -0.25) is 9.78 Å². The van der Waals surface area contributed by atoms with Gasteiger partial charge in [-0.2, -0.15) is 0 Å². The number of alkyl halides is 2. The lowest BCUT2D eigenvalue weighted by atomic mass is 10.0. The fraction of sp³-hybridized carbons (Fsp3) is 0.500. The summed E-state index contributed by atoms with van der Waals surface area (Å²) in [7, 11) is 1.38. The second-order valence-corrected chi connectivity index (χ2v) is 3.66. The number of nitrogens with zero attached hydrogens (tertiary/aromatic N) is 1. The van der Waals surface area contributed by atoms with Gasteiger partial charge in [0.25, 0.3) is 6.43 Å². The van der Waals surface area contributed by atoms with Crippen molar-refractivity contribution in [3.05, 3.63) is 23.0 Å². The maximum absolute atomic E-state index is 12.9. The fourth-order valence-corrected chi connectivity index (χ4v) is 1.73. The zero-order chi connectivity index (χ0) is 14.4. The summed E-state index contributed by atoms with van der Waals surface area (Å²) in [5.74, 6) is -0.319. The number of hydrogen-bond acceptors (Lipinski definition) is 5. The minimum absolute atomic E-state index is 0.0276. The Hall–Kier alpha value is -1.76. The van der Waals surface area contributed by atoms with E-state index in [1.807, 2.05) is 0 Å². The Morgan fingerprint density at radius 1 is 1.47 bits per heavy atom. The molecule has 0 unspecified atom stereocenters. The number of rotatable bonds is 6. The first-order valence-electron chi connectivity index (χ1n) is 5.73. The molecule has 0 aliphatic rings. The summed E-state index contributed by atoms with van der Waals surface area (Å²) in [6, 6.07) is 0. The summed E-state index contributed by atoms with van der Waals surface area (Å²) in [5.41, 5.74) is 5.50. The van der Waals surface area contributed by atoms with E-state index < -0.39 is 18.1 Å². The molecule has 7 heteroatoms. The molecule has 0 fully saturated rings. The third-order valence-electron chi connectivity index (χ3n) is 2.55. The lowest BCUT2D eigenvalue weighted by Gasteiger charge is -2.15. The Kier molecular flexibility index (Phi) is 5.62. The molecule has 0 saturated carbocycles. The van der Waals surface area contributed by atoms with Crippen LogP contribution in [0.5, 0.6) is 5.75 Å². The molecule has 106 valence electrons. The van der Waals surface area contributed by atoms with Crippen molar-refractivity contribution in [2.24, 2.45) is 5.73 Å². The number of esters is 1. The van der Waals surface area contributed by atoms with Crippen molar-refractivity contribution in [2.45, 2.75) is 26.3 Å². The highest BCUT2D eigenvalue weighted by Crippen LogP contribution is 2.29. The van der Waals surface area contributed by atoms with Gasteiger partial charge in [-0.05, 0) is 12.5 Å². The van der Waals surface area contributed by atoms with Gasteiger partial charge in [0.1, 0.15) is 11.4 Å². The van der Waals surface area contributed by atoms with Gasteiger partial charge in [0.15, 0.2) is 0 Å². The first-order chi connectivity index (χ1) is 9.04. The van der Waals surface area contributed by atoms with Crippen LogP contribution < -0.4 is 10.5 Å². The monoisotopic (exact) mass is 274 g/mol. The molecule has 0 bridgehead atoms. The van der Waals surface area contributed by atoms with Gasteiger partial charge in [0.05, 0.1) is 26.3 Å². The minimum atomic E-state index is -2.79. The maximum atomic E-state index is 12.9. The van der Waals surface area contributed by atoms with E-state index in [0.29, 0.717) is 5.56 Å². The first-order valence-corrected chi connectivity index (χ1v) is 5.73. The van der Waals surface area contributed by atoms with E-state index in [1.54, 1.807) is 6.92 Å². The number of ether oxygens (including phenoxy) is 2. The smallest absolute Gasteiger partial charge is 0.310 e. The maximum Gasteiger partial charge on any atom is 0.310 e. The van der Waals surface area contributed by atoms with Crippen molar-refractivity contribution >= 4 is 5.97 Å². The summed E-state index contributed by atoms with van der Waals surface area (Å²) in [5, 5.41) is 0. The third kappa shape index (κ3) is 3.60. The van der Waals surface area contributed by atoms with Crippen LogP contribution in [0.15, 0.2) is 6.20 Å². The lowest BCUT2D eigenvalue weighted by molar-refractivity contribution is -0.142. The Morgan fingerprint density at radius 2 is 2.16 bits per heavy atom. The fourth-order valence-electron chi connectivity index (χ4n) is 1.73. The van der Waals surface area contributed by atoms with Crippen LogP contribution in [0.3, 0.4) is 0 Å². The van der Waals surface area contributed by atoms with Crippen molar-refractivity contribution in [2.75, 3.05) is 13.7 Å². The lowest BCUT2D eigenvalue weighted by Crippen LogP contribution is -2.15. The normalized spacial score (nSPS) is 10.6. The van der Waals surface area contributed by atoms with Crippen LogP contribution in [0.4, 0.5) is 8.78 Å². The van der Waals surface area contributed by atoms with Gasteiger partial charge in [0, 0.05) is 12.1 Å². The van der Waals surface area contributed by atoms with E-state index in [4.69, 9.17) is 15.2 Å². The summed E-state index contributed by atoms with van der Waals surface area (Å²) >= 11 is 0. The Labute approximate surface area is 109 Å². The SMILES string of the molecule is CCOC(=O)Cc1c(C(F)F)ncc(OC)c1CN. The van der Waals surface area contributed by atoms with Crippen LogP contribution in [-0.2, 0) is 22.5 Å². The molecule has 0 atom stereocenters. The molecule has 0 aliphatic carbocycles. The van der Waals surface area contributed by atoms with Crippen molar-refractivity contribution in [3.63, 3.8) is 0 Å². The predicted molar refractivity (Wildman–Crippen MR) is 64.0 cm³/mol. The molecule has 0 amide bonds. The highest BCUT2D eigenvalue weighted by atomic mass is 19.3. The molecule has 0 aromatic carbocycles. The molecule has 5 nitrogen and oxygen atoms in total. The van der Waals surface area contributed by atoms with Crippen molar-refractivity contribution in [3.8, 4) is 5.75 Å². The highest BCUT2D eigenvalue weighted by Gasteiger charge is 2.23. The second kappa shape index (κ2) is 6.98. The number of carbonyl (C=O) groups excluding carboxylic acids is 1. The number of carbonyl (C=O) groups is 1. The third-order valence-corrected chi connectivity index (χ3v) is 2.55. The van der Waals surface area contributed by atoms with Gasteiger partial charge < -0.3 is 15.2 Å². The molecule has 1 rings (SSSR count). The molecule has 1 heterocycles. The summed E-state index contributed by atoms with van der Waals surface area (Å²) in [6.45, 7) is 1.79. The quantitative estimate of drug-likeness (QED) is 0.797. The standard InChI is InChI=1S/C12H16F2N2O3/c1-3-19-10(17)4-7-8(5-15)9(18-2)6-16-11(7)12(13)14/h6,12H,3-5,15H2,1-2H3. The molecule has 1 aromatic heterocycles. The molecule has 2 N–H and O–H groups in total. The van der Waals surface area contributed by atoms with E-state index >= 15 is 0 Å². The molecule has 0 saturated heterocycles. The average Bonchev–Trinajstić information content (AvgIpc) is 2.37. The van der Waals surface area contributed by atoms with Crippen LogP contribution in [0, 0.1) is 0 Å². The Balaban J connectivity index is 3.25. The number of hydrogen-bond donors (Lipinski definition) is 1. The van der Waals surface area contributed by atoms with Gasteiger partial charge in [-0.15, -0.1) is 0 Å². The highest BCUT2D eigenvalue weighted by molar-refractivity contribution is 5.74. The average molecular weight is 274 g/mol. The number of aromatic nitrogens is 1. The van der Waals surface area contributed by atoms with Gasteiger partial charge in [-0.25, -0.2) is 8.78 Å². The van der Waals surface area contributed by atoms with E-state index in [-0.39, 0.29) is 30.9 Å². The largest absolute Gasteiger partial charge is 0.495 e. The summed E-state index contributed by atoms with van der Waals surface area (Å²) in [6.07, 6.45) is -1.91. The van der Waals surface area contributed by atoms with Crippen LogP contribution >= 0.6 is 0 Å². The molecule has 0 aliphatic heterocycles. The first kappa shape index (κ1) is 15.3. The summed E-state index contributed by atoms with van der Waals surface area (Å²) in [4.78, 5) is 15.1. The summed E-state index contributed by atoms with van der Waals surface area (Å²) < 4.78 is 35.6. The van der Waals surface area contributed by atoms with E-state index in [2.05, 4.69) is 4.98 Å². The Morgan fingerprint density at radius 3 is 2.63 bits per heavy atom. The number of halogens is 2. The molecule has 19 heavy (non-hydrogen) atoms. The molecule has 0 spiro atoms. The van der Waals surface area contributed by atoms with Gasteiger partial charge in [0.2, 0.25) is 0 Å². The predicted octanol–water partition coefficient (Wildman–Crippen LogP) is 1.59. The number of pyridine rings is 1. The van der Waals surface area contributed by atoms with Crippen molar-refractivity contribution in [1.82, 2.24) is 4.98 Å².